The fourth-order valence-electron chi connectivity index (χ4n) is 1.91. The minimum atomic E-state index is -0.0446. The maximum Gasteiger partial charge on any atom is 0.104 e. The van der Waals surface area contributed by atoms with E-state index in [1.165, 1.54) is 0 Å². The molecular weight excluding hydrogens is 258 g/mol. The third-order valence-electron chi connectivity index (χ3n) is 2.72. The van der Waals surface area contributed by atoms with Crippen LogP contribution in [0.5, 0.6) is 0 Å². The molecule has 1 aromatic heterocycles. The second-order valence-corrected chi connectivity index (χ2v) is 4.69. The van der Waals surface area contributed by atoms with Crippen LogP contribution in [0.25, 0.3) is 0 Å². The van der Waals surface area contributed by atoms with Gasteiger partial charge in [-0.05, 0) is 40.9 Å². The lowest BCUT2D eigenvalue weighted by molar-refractivity contribution is -0.0479. The third-order valence-corrected chi connectivity index (χ3v) is 3.19. The van der Waals surface area contributed by atoms with E-state index in [9.17, 15) is 5.11 Å². The van der Waals surface area contributed by atoms with Crippen molar-refractivity contribution in [3.05, 3.63) is 28.5 Å². The first-order valence-electron chi connectivity index (χ1n) is 5.15. The van der Waals surface area contributed by atoms with E-state index in [0.717, 1.165) is 29.6 Å². The Morgan fingerprint density at radius 2 is 2.40 bits per heavy atom. The summed E-state index contributed by atoms with van der Waals surface area (Å²) in [5, 5.41) is 9.26. The molecule has 0 saturated carbocycles. The second kappa shape index (κ2) is 5.05. The first-order chi connectivity index (χ1) is 7.31. The van der Waals surface area contributed by atoms with E-state index in [-0.39, 0.29) is 18.6 Å². The van der Waals surface area contributed by atoms with Gasteiger partial charge in [0.25, 0.3) is 0 Å². The molecule has 4 heteroatoms. The van der Waals surface area contributed by atoms with Crippen molar-refractivity contribution >= 4 is 15.9 Å². The number of ether oxygens (including phenoxy) is 1. The molecule has 82 valence electrons. The normalized spacial score (nSPS) is 26.5. The molecule has 15 heavy (non-hydrogen) atoms. The summed E-state index contributed by atoms with van der Waals surface area (Å²) in [6, 6.07) is 3.90. The largest absolute Gasteiger partial charge is 0.396 e. The van der Waals surface area contributed by atoms with Crippen molar-refractivity contribution in [3.63, 3.8) is 0 Å². The van der Waals surface area contributed by atoms with Crippen molar-refractivity contribution < 1.29 is 9.84 Å². The fraction of sp³-hybridized carbons (Fsp3) is 0.545. The Labute approximate surface area is 97.6 Å². The van der Waals surface area contributed by atoms with Gasteiger partial charge in [-0.15, -0.1) is 0 Å². The highest BCUT2D eigenvalue weighted by atomic mass is 79.9. The number of halogens is 1. The van der Waals surface area contributed by atoms with Gasteiger partial charge >= 0.3 is 0 Å². The molecule has 1 N–H and O–H groups in total. The molecule has 0 bridgehead atoms. The molecule has 1 aromatic rings. The Bertz CT molecular complexity index is 315. The number of pyridine rings is 1. The van der Waals surface area contributed by atoms with Gasteiger partial charge < -0.3 is 9.84 Å². The molecule has 0 aliphatic carbocycles. The lowest BCUT2D eigenvalue weighted by atomic mass is 9.93. The average Bonchev–Trinajstić information content (AvgIpc) is 2.30. The van der Waals surface area contributed by atoms with Crippen LogP contribution in [0.1, 0.15) is 24.6 Å². The van der Waals surface area contributed by atoms with Crippen LogP contribution in [-0.2, 0) is 4.74 Å². The zero-order chi connectivity index (χ0) is 10.7. The van der Waals surface area contributed by atoms with Gasteiger partial charge in [-0.1, -0.05) is 0 Å². The highest BCUT2D eigenvalue weighted by Crippen LogP contribution is 2.32. The first-order valence-corrected chi connectivity index (χ1v) is 5.94. The topological polar surface area (TPSA) is 42.4 Å². The van der Waals surface area contributed by atoms with Crippen LogP contribution in [-0.4, -0.2) is 23.3 Å². The molecular formula is C11H14BrNO2. The Balaban J connectivity index is 2.16. The lowest BCUT2D eigenvalue weighted by Crippen LogP contribution is -2.25. The van der Waals surface area contributed by atoms with Gasteiger partial charge in [0, 0.05) is 29.8 Å². The molecule has 0 radical (unpaired) electrons. The van der Waals surface area contributed by atoms with Crippen LogP contribution in [0.15, 0.2) is 22.8 Å². The van der Waals surface area contributed by atoms with E-state index >= 15 is 0 Å². The molecule has 0 aromatic carbocycles. The van der Waals surface area contributed by atoms with Gasteiger partial charge in [0.2, 0.25) is 0 Å². The summed E-state index contributed by atoms with van der Waals surface area (Å²) < 4.78 is 6.63. The van der Waals surface area contributed by atoms with E-state index in [4.69, 9.17) is 4.74 Å². The van der Waals surface area contributed by atoms with Crippen molar-refractivity contribution in [2.24, 2.45) is 5.92 Å². The van der Waals surface area contributed by atoms with Crippen molar-refractivity contribution in [2.75, 3.05) is 13.2 Å². The van der Waals surface area contributed by atoms with E-state index < -0.39 is 0 Å². The standard InChI is InChI=1S/C11H14BrNO2/c12-9-3-4-10(13-6-9)11-8(7-14)2-1-5-15-11/h3-4,6,8,11,14H,1-2,5,7H2. The van der Waals surface area contributed by atoms with Gasteiger partial charge in [0.1, 0.15) is 6.10 Å². The zero-order valence-corrected chi connectivity index (χ0v) is 9.98. The van der Waals surface area contributed by atoms with Crippen LogP contribution in [0.2, 0.25) is 0 Å². The van der Waals surface area contributed by atoms with Crippen molar-refractivity contribution in [1.29, 1.82) is 0 Å². The Hall–Kier alpha value is -0.450. The van der Waals surface area contributed by atoms with Crippen molar-refractivity contribution in [3.8, 4) is 0 Å². The number of aliphatic hydroxyl groups is 1. The number of nitrogens with zero attached hydrogens (tertiary/aromatic N) is 1. The van der Waals surface area contributed by atoms with Gasteiger partial charge in [0.15, 0.2) is 0 Å². The minimum absolute atomic E-state index is 0.0446. The highest BCUT2D eigenvalue weighted by molar-refractivity contribution is 9.10. The molecule has 0 spiro atoms. The first kappa shape index (κ1) is 11.0. The molecule has 1 saturated heterocycles. The summed E-state index contributed by atoms with van der Waals surface area (Å²) in [4.78, 5) is 4.32. The summed E-state index contributed by atoms with van der Waals surface area (Å²) in [6.45, 7) is 0.932. The predicted molar refractivity (Wildman–Crippen MR) is 60.4 cm³/mol. The van der Waals surface area contributed by atoms with Crippen LogP contribution in [0, 0.1) is 5.92 Å². The molecule has 1 aliphatic heterocycles. The molecule has 0 amide bonds. The Morgan fingerprint density at radius 1 is 1.53 bits per heavy atom. The summed E-state index contributed by atoms with van der Waals surface area (Å²) in [7, 11) is 0. The maximum atomic E-state index is 9.26. The average molecular weight is 272 g/mol. The van der Waals surface area contributed by atoms with E-state index in [2.05, 4.69) is 20.9 Å². The monoisotopic (exact) mass is 271 g/mol. The molecule has 1 fully saturated rings. The number of aliphatic hydroxyl groups excluding tert-OH is 1. The Kier molecular flexibility index (Phi) is 3.72. The smallest absolute Gasteiger partial charge is 0.104 e. The van der Waals surface area contributed by atoms with Gasteiger partial charge in [0.05, 0.1) is 5.69 Å². The molecule has 2 unspecified atom stereocenters. The molecule has 2 rings (SSSR count). The summed E-state index contributed by atoms with van der Waals surface area (Å²) in [5.74, 6) is 0.187. The molecule has 2 heterocycles. The second-order valence-electron chi connectivity index (χ2n) is 3.78. The molecule has 2 atom stereocenters. The van der Waals surface area contributed by atoms with Crippen molar-refractivity contribution in [1.82, 2.24) is 4.98 Å². The maximum absolute atomic E-state index is 9.26. The Morgan fingerprint density at radius 3 is 3.07 bits per heavy atom. The van der Waals surface area contributed by atoms with Crippen LogP contribution < -0.4 is 0 Å². The zero-order valence-electron chi connectivity index (χ0n) is 8.40. The summed E-state index contributed by atoms with van der Waals surface area (Å²) in [5.41, 5.74) is 0.914. The van der Waals surface area contributed by atoms with Crippen molar-refractivity contribution in [2.45, 2.75) is 18.9 Å². The minimum Gasteiger partial charge on any atom is -0.396 e. The SMILES string of the molecule is OCC1CCCOC1c1ccc(Br)cn1. The van der Waals surface area contributed by atoms with E-state index in [1.807, 2.05) is 12.1 Å². The van der Waals surface area contributed by atoms with Crippen LogP contribution >= 0.6 is 15.9 Å². The van der Waals surface area contributed by atoms with Crippen LogP contribution in [0.4, 0.5) is 0 Å². The number of hydrogen-bond donors (Lipinski definition) is 1. The molecule has 3 nitrogen and oxygen atoms in total. The highest BCUT2D eigenvalue weighted by Gasteiger charge is 2.27. The summed E-state index contributed by atoms with van der Waals surface area (Å²) >= 11 is 3.35. The lowest BCUT2D eigenvalue weighted by Gasteiger charge is -2.29. The quantitative estimate of drug-likeness (QED) is 0.898. The van der Waals surface area contributed by atoms with Gasteiger partial charge in [-0.3, -0.25) is 4.98 Å². The van der Waals surface area contributed by atoms with E-state index in [1.54, 1.807) is 6.20 Å². The number of aromatic nitrogens is 1. The molecule has 1 aliphatic rings. The summed E-state index contributed by atoms with van der Waals surface area (Å²) in [6.07, 6.45) is 3.76. The van der Waals surface area contributed by atoms with E-state index in [0.29, 0.717) is 0 Å². The van der Waals surface area contributed by atoms with Gasteiger partial charge in [-0.2, -0.15) is 0 Å². The van der Waals surface area contributed by atoms with Gasteiger partial charge in [-0.25, -0.2) is 0 Å². The fourth-order valence-corrected chi connectivity index (χ4v) is 2.15. The predicted octanol–water partition coefficient (Wildman–Crippen LogP) is 2.30. The third kappa shape index (κ3) is 2.56. The number of rotatable bonds is 2. The van der Waals surface area contributed by atoms with Crippen LogP contribution in [0.3, 0.4) is 0 Å². The number of hydrogen-bond acceptors (Lipinski definition) is 3.